The minimum absolute atomic E-state index is 0.0118. The number of halogens is 1. The molecule has 0 bridgehead atoms. The summed E-state index contributed by atoms with van der Waals surface area (Å²) in [6.45, 7) is 0. The van der Waals surface area contributed by atoms with Gasteiger partial charge in [-0.3, -0.25) is 4.98 Å². The molecule has 1 atom stereocenters. The van der Waals surface area contributed by atoms with Crippen molar-refractivity contribution in [3.8, 4) is 0 Å². The Bertz CT molecular complexity index is 595. The number of benzene rings is 1. The van der Waals surface area contributed by atoms with E-state index < -0.39 is 5.76 Å². The number of H-pyrrole nitrogens is 1. The monoisotopic (exact) mass is 265 g/mol. The Balaban J connectivity index is 1.81. The molecule has 0 aliphatic heterocycles. The fraction of sp³-hybridized carbons (Fsp3) is 0.500. The molecule has 1 heterocycles. The second kappa shape index (κ2) is 4.81. The van der Waals surface area contributed by atoms with Gasteiger partial charge in [0.2, 0.25) is 0 Å². The number of hydrogen-bond donors (Lipinski definition) is 1. The van der Waals surface area contributed by atoms with E-state index in [1.807, 2.05) is 18.2 Å². The Hall–Kier alpha value is -1.22. The Morgan fingerprint density at radius 3 is 2.94 bits per heavy atom. The lowest BCUT2D eigenvalue weighted by molar-refractivity contribution is 0.495. The molecule has 1 aliphatic rings. The molecule has 2 aromatic rings. The molecular weight excluding hydrogens is 250 g/mol. The van der Waals surface area contributed by atoms with Crippen molar-refractivity contribution in [1.82, 2.24) is 4.98 Å². The van der Waals surface area contributed by atoms with Crippen LogP contribution in [-0.2, 0) is 0 Å². The van der Waals surface area contributed by atoms with Crippen molar-refractivity contribution < 1.29 is 4.42 Å². The molecule has 3 rings (SSSR count). The zero-order valence-electron chi connectivity index (χ0n) is 10.1. The molecule has 0 spiro atoms. The maximum absolute atomic E-state index is 11.1. The van der Waals surface area contributed by atoms with Gasteiger partial charge in [-0.05, 0) is 30.0 Å². The summed E-state index contributed by atoms with van der Waals surface area (Å²) in [4.78, 5) is 13.7. The topological polar surface area (TPSA) is 46.0 Å². The van der Waals surface area contributed by atoms with Gasteiger partial charge in [0, 0.05) is 0 Å². The highest BCUT2D eigenvalue weighted by molar-refractivity contribution is 6.20. The lowest BCUT2D eigenvalue weighted by Crippen LogP contribution is -1.99. The predicted octanol–water partition coefficient (Wildman–Crippen LogP) is 3.98. The fourth-order valence-corrected chi connectivity index (χ4v) is 3.22. The van der Waals surface area contributed by atoms with E-state index in [-0.39, 0.29) is 5.38 Å². The van der Waals surface area contributed by atoms with Gasteiger partial charge in [-0.1, -0.05) is 31.7 Å². The summed E-state index contributed by atoms with van der Waals surface area (Å²) in [5.74, 6) is 0.338. The largest absolute Gasteiger partial charge is 0.417 e. The summed E-state index contributed by atoms with van der Waals surface area (Å²) < 4.78 is 5.06. The van der Waals surface area contributed by atoms with Crippen LogP contribution in [0.3, 0.4) is 0 Å². The van der Waals surface area contributed by atoms with Crippen molar-refractivity contribution >= 4 is 22.7 Å². The van der Waals surface area contributed by atoms with E-state index in [2.05, 4.69) is 4.98 Å². The van der Waals surface area contributed by atoms with E-state index in [1.165, 1.54) is 25.7 Å². The predicted molar refractivity (Wildman–Crippen MR) is 72.0 cm³/mol. The van der Waals surface area contributed by atoms with E-state index in [1.54, 1.807) is 0 Å². The Labute approximate surface area is 110 Å². The van der Waals surface area contributed by atoms with Gasteiger partial charge >= 0.3 is 5.76 Å². The molecule has 0 amide bonds. The number of aromatic nitrogens is 1. The van der Waals surface area contributed by atoms with Crippen LogP contribution in [0.4, 0.5) is 0 Å². The third-order valence-corrected chi connectivity index (χ3v) is 4.25. The average molecular weight is 266 g/mol. The van der Waals surface area contributed by atoms with Gasteiger partial charge in [0.25, 0.3) is 0 Å². The smallest absolute Gasteiger partial charge is 0.408 e. The van der Waals surface area contributed by atoms with Crippen LogP contribution in [0.2, 0.25) is 0 Å². The van der Waals surface area contributed by atoms with Gasteiger partial charge in [0.15, 0.2) is 5.58 Å². The summed E-state index contributed by atoms with van der Waals surface area (Å²) in [5, 5.41) is 0.0118. The van der Waals surface area contributed by atoms with Crippen LogP contribution >= 0.6 is 11.6 Å². The number of rotatable bonds is 3. The van der Waals surface area contributed by atoms with Crippen molar-refractivity contribution in [2.45, 2.75) is 37.5 Å². The molecule has 1 unspecified atom stereocenters. The summed E-state index contributed by atoms with van der Waals surface area (Å²) in [7, 11) is 0. The third-order valence-electron chi connectivity index (χ3n) is 3.82. The van der Waals surface area contributed by atoms with Crippen molar-refractivity contribution in [1.29, 1.82) is 0 Å². The number of hydrogen-bond acceptors (Lipinski definition) is 2. The van der Waals surface area contributed by atoms with Gasteiger partial charge in [0.1, 0.15) is 0 Å². The second-order valence-electron chi connectivity index (χ2n) is 5.12. The molecule has 18 heavy (non-hydrogen) atoms. The molecule has 3 nitrogen and oxygen atoms in total. The maximum atomic E-state index is 11.1. The van der Waals surface area contributed by atoms with Gasteiger partial charge < -0.3 is 4.42 Å². The van der Waals surface area contributed by atoms with Crippen LogP contribution in [0, 0.1) is 5.92 Å². The molecule has 1 N–H and O–H groups in total. The molecule has 1 saturated carbocycles. The third kappa shape index (κ3) is 2.32. The van der Waals surface area contributed by atoms with Crippen LogP contribution in [0.15, 0.2) is 27.4 Å². The number of oxazole rings is 1. The number of nitrogens with one attached hydrogen (secondary N) is 1. The van der Waals surface area contributed by atoms with Crippen molar-refractivity contribution in [3.63, 3.8) is 0 Å². The minimum Gasteiger partial charge on any atom is -0.408 e. The second-order valence-corrected chi connectivity index (χ2v) is 5.65. The molecule has 1 fully saturated rings. The molecule has 0 radical (unpaired) electrons. The van der Waals surface area contributed by atoms with Crippen LogP contribution in [0.5, 0.6) is 0 Å². The van der Waals surface area contributed by atoms with E-state index >= 15 is 0 Å². The Morgan fingerprint density at radius 1 is 1.39 bits per heavy atom. The lowest BCUT2D eigenvalue weighted by atomic mass is 9.97. The minimum atomic E-state index is -0.413. The molecule has 4 heteroatoms. The highest BCUT2D eigenvalue weighted by atomic mass is 35.5. The van der Waals surface area contributed by atoms with Crippen molar-refractivity contribution in [2.24, 2.45) is 5.92 Å². The maximum Gasteiger partial charge on any atom is 0.417 e. The molecule has 1 aromatic heterocycles. The molecule has 96 valence electrons. The first-order valence-corrected chi connectivity index (χ1v) is 6.93. The molecular formula is C14H16ClNO2. The normalized spacial score (nSPS) is 18.5. The summed E-state index contributed by atoms with van der Waals surface area (Å²) in [5.41, 5.74) is 2.36. The summed E-state index contributed by atoms with van der Waals surface area (Å²) in [6, 6.07) is 5.71. The van der Waals surface area contributed by atoms with Crippen LogP contribution in [-0.4, -0.2) is 4.98 Å². The summed E-state index contributed by atoms with van der Waals surface area (Å²) >= 11 is 6.46. The molecule has 0 saturated heterocycles. The van der Waals surface area contributed by atoms with E-state index in [9.17, 15) is 4.79 Å². The first-order chi connectivity index (χ1) is 8.72. The highest BCUT2D eigenvalue weighted by Gasteiger charge is 2.20. The van der Waals surface area contributed by atoms with E-state index in [0.29, 0.717) is 5.58 Å². The molecule has 1 aliphatic carbocycles. The van der Waals surface area contributed by atoms with E-state index in [4.69, 9.17) is 16.0 Å². The van der Waals surface area contributed by atoms with Gasteiger partial charge in [-0.25, -0.2) is 4.79 Å². The molecule has 1 aromatic carbocycles. The Morgan fingerprint density at radius 2 is 2.17 bits per heavy atom. The number of fused-ring (bicyclic) bond motifs is 1. The van der Waals surface area contributed by atoms with Crippen LogP contribution < -0.4 is 5.76 Å². The standard InChI is InChI=1S/C14H16ClNO2/c15-11(7-9-3-1-2-4-9)10-5-6-12-13(8-10)18-14(17)16-12/h5-6,8-9,11H,1-4,7H2,(H,16,17). The zero-order chi connectivity index (χ0) is 12.5. The zero-order valence-corrected chi connectivity index (χ0v) is 10.9. The van der Waals surface area contributed by atoms with Gasteiger partial charge in [0.05, 0.1) is 10.9 Å². The lowest BCUT2D eigenvalue weighted by Gasteiger charge is -2.14. The van der Waals surface area contributed by atoms with Crippen LogP contribution in [0.25, 0.3) is 11.1 Å². The first-order valence-electron chi connectivity index (χ1n) is 6.49. The SMILES string of the molecule is O=c1[nH]c2ccc(C(Cl)CC3CCCC3)cc2o1. The van der Waals surface area contributed by atoms with Gasteiger partial charge in [-0.15, -0.1) is 11.6 Å². The van der Waals surface area contributed by atoms with Gasteiger partial charge in [-0.2, -0.15) is 0 Å². The van der Waals surface area contributed by atoms with Crippen LogP contribution in [0.1, 0.15) is 43.0 Å². The summed E-state index contributed by atoms with van der Waals surface area (Å²) in [6.07, 6.45) is 6.27. The highest BCUT2D eigenvalue weighted by Crippen LogP contribution is 2.36. The number of alkyl halides is 1. The van der Waals surface area contributed by atoms with Crippen molar-refractivity contribution in [2.75, 3.05) is 0 Å². The average Bonchev–Trinajstić information content (AvgIpc) is 2.95. The fourth-order valence-electron chi connectivity index (χ4n) is 2.83. The van der Waals surface area contributed by atoms with E-state index in [0.717, 1.165) is 23.4 Å². The number of aromatic amines is 1. The van der Waals surface area contributed by atoms with Crippen molar-refractivity contribution in [3.05, 3.63) is 34.3 Å². The quantitative estimate of drug-likeness (QED) is 0.853. The first kappa shape index (κ1) is 11.8. The Kier molecular flexibility index (Phi) is 3.16.